The lowest BCUT2D eigenvalue weighted by Crippen LogP contribution is -2.30. The minimum absolute atomic E-state index is 0.157. The van der Waals surface area contributed by atoms with Crippen molar-refractivity contribution in [1.82, 2.24) is 4.31 Å². The predicted octanol–water partition coefficient (Wildman–Crippen LogP) is 3.44. The van der Waals surface area contributed by atoms with Crippen molar-refractivity contribution in [3.63, 3.8) is 0 Å². The summed E-state index contributed by atoms with van der Waals surface area (Å²) in [7, 11) is 0.0616. The summed E-state index contributed by atoms with van der Waals surface area (Å²) < 4.78 is 27.0. The summed E-state index contributed by atoms with van der Waals surface area (Å²) in [6.45, 7) is 4.37. The number of nitrogens with one attached hydrogen (secondary N) is 1. The molecule has 0 radical (unpaired) electrons. The second kappa shape index (κ2) is 9.52. The van der Waals surface area contributed by atoms with Crippen LogP contribution in [0, 0.1) is 0 Å². The van der Waals surface area contributed by atoms with Crippen LogP contribution in [0.3, 0.4) is 0 Å². The maximum Gasteiger partial charge on any atom is 0.248 e. The molecule has 1 N–H and O–H groups in total. The zero-order valence-corrected chi connectivity index (χ0v) is 17.5. The topological polar surface area (TPSA) is 69.7 Å². The van der Waals surface area contributed by atoms with Crippen LogP contribution in [0.4, 0.5) is 11.4 Å². The zero-order valence-electron chi connectivity index (χ0n) is 16.7. The fourth-order valence-electron chi connectivity index (χ4n) is 2.79. The highest BCUT2D eigenvalue weighted by Crippen LogP contribution is 2.29. The second-order valence-corrected chi connectivity index (χ2v) is 8.33. The van der Waals surface area contributed by atoms with E-state index < -0.39 is 10.0 Å². The van der Waals surface area contributed by atoms with Crippen molar-refractivity contribution in [3.05, 3.63) is 60.2 Å². The van der Waals surface area contributed by atoms with Crippen LogP contribution in [0.2, 0.25) is 0 Å². The van der Waals surface area contributed by atoms with Gasteiger partial charge in [-0.1, -0.05) is 44.2 Å². The first kappa shape index (κ1) is 21.7. The molecule has 0 aromatic heterocycles. The van der Waals surface area contributed by atoms with Crippen molar-refractivity contribution in [2.24, 2.45) is 0 Å². The summed E-state index contributed by atoms with van der Waals surface area (Å²) in [6, 6.07) is 14.3. The van der Waals surface area contributed by atoms with Gasteiger partial charge in [-0.25, -0.2) is 8.42 Å². The van der Waals surface area contributed by atoms with E-state index in [4.69, 9.17) is 0 Å². The van der Waals surface area contributed by atoms with Crippen LogP contribution in [0.1, 0.15) is 19.4 Å². The molecule has 0 aliphatic heterocycles. The molecule has 28 heavy (non-hydrogen) atoms. The van der Waals surface area contributed by atoms with Gasteiger partial charge in [0.15, 0.2) is 0 Å². The van der Waals surface area contributed by atoms with E-state index >= 15 is 0 Å². The molecule has 0 spiro atoms. The monoisotopic (exact) mass is 401 g/mol. The SMILES string of the molecule is CCN(CC)S(=O)(=O)c1ccc(N(C)C)c(NC(=O)/C=C/c2ccccc2)c1. The van der Waals surface area contributed by atoms with E-state index in [0.717, 1.165) is 11.3 Å². The lowest BCUT2D eigenvalue weighted by Gasteiger charge is -2.22. The number of amides is 1. The van der Waals surface area contributed by atoms with E-state index in [9.17, 15) is 13.2 Å². The molecule has 0 bridgehead atoms. The third-order valence-electron chi connectivity index (χ3n) is 4.28. The van der Waals surface area contributed by atoms with Crippen molar-refractivity contribution in [1.29, 1.82) is 0 Å². The van der Waals surface area contributed by atoms with Gasteiger partial charge in [-0.05, 0) is 29.8 Å². The first-order chi connectivity index (χ1) is 13.3. The number of carbonyl (C=O) groups is 1. The third-order valence-corrected chi connectivity index (χ3v) is 6.32. The normalized spacial score (nSPS) is 11.8. The summed E-state index contributed by atoms with van der Waals surface area (Å²) in [5, 5.41) is 2.80. The first-order valence-electron chi connectivity index (χ1n) is 9.15. The van der Waals surface area contributed by atoms with Crippen LogP contribution in [-0.2, 0) is 14.8 Å². The van der Waals surface area contributed by atoms with Crippen molar-refractivity contribution in [2.75, 3.05) is 37.4 Å². The summed E-state index contributed by atoms with van der Waals surface area (Å²) in [4.78, 5) is 14.4. The van der Waals surface area contributed by atoms with Crippen LogP contribution in [0.5, 0.6) is 0 Å². The Morgan fingerprint density at radius 3 is 2.25 bits per heavy atom. The van der Waals surface area contributed by atoms with E-state index in [-0.39, 0.29) is 10.8 Å². The molecule has 0 atom stereocenters. The lowest BCUT2D eigenvalue weighted by molar-refractivity contribution is -0.111. The molecule has 1 amide bonds. The molecule has 0 aliphatic rings. The quantitative estimate of drug-likeness (QED) is 0.688. The van der Waals surface area contributed by atoms with Crippen LogP contribution in [0.15, 0.2) is 59.5 Å². The summed E-state index contributed by atoms with van der Waals surface area (Å²) in [5.74, 6) is -0.329. The number of hydrogen-bond donors (Lipinski definition) is 1. The summed E-state index contributed by atoms with van der Waals surface area (Å²) in [5.41, 5.74) is 2.07. The molecule has 0 saturated carbocycles. The van der Waals surface area contributed by atoms with Gasteiger partial charge in [-0.2, -0.15) is 4.31 Å². The Kier molecular flexibility index (Phi) is 7.37. The zero-order chi connectivity index (χ0) is 20.7. The maximum absolute atomic E-state index is 12.8. The summed E-state index contributed by atoms with van der Waals surface area (Å²) >= 11 is 0. The minimum Gasteiger partial charge on any atom is -0.376 e. The Labute approximate surface area is 167 Å². The highest BCUT2D eigenvalue weighted by molar-refractivity contribution is 7.89. The van der Waals surface area contributed by atoms with Gasteiger partial charge in [0.25, 0.3) is 0 Å². The smallest absolute Gasteiger partial charge is 0.248 e. The van der Waals surface area contributed by atoms with Crippen molar-refractivity contribution in [2.45, 2.75) is 18.7 Å². The Morgan fingerprint density at radius 2 is 1.68 bits per heavy atom. The molecule has 2 aromatic carbocycles. The van der Waals surface area contributed by atoms with Crippen LogP contribution in [0.25, 0.3) is 6.08 Å². The molecule has 2 rings (SSSR count). The standard InChI is InChI=1S/C21H27N3O3S/c1-5-24(6-2)28(26,27)18-13-14-20(23(3)4)19(16-18)22-21(25)15-12-17-10-8-7-9-11-17/h7-16H,5-6H2,1-4H3,(H,22,25)/b15-12+. The van der Waals surface area contributed by atoms with Gasteiger partial charge in [0.05, 0.1) is 16.3 Å². The lowest BCUT2D eigenvalue weighted by atomic mass is 10.2. The average molecular weight is 402 g/mol. The van der Waals surface area contributed by atoms with Gasteiger partial charge in [0, 0.05) is 33.3 Å². The number of anilines is 2. The Bertz CT molecular complexity index is 935. The number of nitrogens with zero attached hydrogens (tertiary/aromatic N) is 2. The van der Waals surface area contributed by atoms with Gasteiger partial charge in [-0.15, -0.1) is 0 Å². The molecule has 6 nitrogen and oxygen atoms in total. The van der Waals surface area contributed by atoms with Gasteiger partial charge in [0.1, 0.15) is 0 Å². The predicted molar refractivity (Wildman–Crippen MR) is 115 cm³/mol. The van der Waals surface area contributed by atoms with E-state index in [1.807, 2.05) is 49.3 Å². The number of rotatable bonds is 8. The highest BCUT2D eigenvalue weighted by Gasteiger charge is 2.23. The van der Waals surface area contributed by atoms with Crippen LogP contribution >= 0.6 is 0 Å². The van der Waals surface area contributed by atoms with Gasteiger partial charge in [0.2, 0.25) is 15.9 Å². The number of sulfonamides is 1. The number of carbonyl (C=O) groups excluding carboxylic acids is 1. The number of hydrogen-bond acceptors (Lipinski definition) is 4. The molecule has 7 heteroatoms. The molecule has 0 unspecified atom stereocenters. The van der Waals surface area contributed by atoms with E-state index in [1.165, 1.54) is 16.4 Å². The van der Waals surface area contributed by atoms with Crippen LogP contribution in [-0.4, -0.2) is 45.8 Å². The average Bonchev–Trinajstić information content (AvgIpc) is 2.67. The Hall–Kier alpha value is -2.64. The second-order valence-electron chi connectivity index (χ2n) is 6.40. The fraction of sp³-hybridized carbons (Fsp3) is 0.286. The fourth-order valence-corrected chi connectivity index (χ4v) is 4.27. The van der Waals surface area contributed by atoms with Crippen molar-refractivity contribution >= 4 is 33.4 Å². The highest BCUT2D eigenvalue weighted by atomic mass is 32.2. The summed E-state index contributed by atoms with van der Waals surface area (Å²) in [6.07, 6.45) is 3.14. The molecule has 150 valence electrons. The molecule has 0 saturated heterocycles. The minimum atomic E-state index is -3.61. The third kappa shape index (κ3) is 5.21. The van der Waals surface area contributed by atoms with E-state index in [2.05, 4.69) is 5.32 Å². The number of benzene rings is 2. The van der Waals surface area contributed by atoms with E-state index in [1.54, 1.807) is 32.1 Å². The largest absolute Gasteiger partial charge is 0.376 e. The van der Waals surface area contributed by atoms with Gasteiger partial charge < -0.3 is 10.2 Å². The van der Waals surface area contributed by atoms with Gasteiger partial charge in [-0.3, -0.25) is 4.79 Å². The van der Waals surface area contributed by atoms with Crippen molar-refractivity contribution < 1.29 is 13.2 Å². The molecular weight excluding hydrogens is 374 g/mol. The van der Waals surface area contributed by atoms with Gasteiger partial charge >= 0.3 is 0 Å². The van der Waals surface area contributed by atoms with E-state index in [0.29, 0.717) is 18.8 Å². The Morgan fingerprint density at radius 1 is 1.04 bits per heavy atom. The Balaban J connectivity index is 2.33. The van der Waals surface area contributed by atoms with Crippen LogP contribution < -0.4 is 10.2 Å². The molecule has 0 fully saturated rings. The molecule has 0 heterocycles. The molecular formula is C21H27N3O3S. The maximum atomic E-state index is 12.8. The first-order valence-corrected chi connectivity index (χ1v) is 10.6. The molecule has 2 aromatic rings. The molecule has 0 aliphatic carbocycles. The van der Waals surface area contributed by atoms with Crippen molar-refractivity contribution in [3.8, 4) is 0 Å².